The van der Waals surface area contributed by atoms with Crippen molar-refractivity contribution < 1.29 is 9.50 Å². The molecule has 1 saturated carbocycles. The number of hydrogen-bond donors (Lipinski definition) is 2. The highest BCUT2D eigenvalue weighted by atomic mass is 19.1. The lowest BCUT2D eigenvalue weighted by Crippen LogP contribution is -2.22. The number of aliphatic hydroxyl groups is 1. The zero-order valence-electron chi connectivity index (χ0n) is 9.32. The molecule has 0 aromatic heterocycles. The lowest BCUT2D eigenvalue weighted by Gasteiger charge is -2.12. The van der Waals surface area contributed by atoms with Crippen LogP contribution >= 0.6 is 0 Å². The summed E-state index contributed by atoms with van der Waals surface area (Å²) in [5.41, 5.74) is 0.638. The van der Waals surface area contributed by atoms with E-state index < -0.39 is 6.10 Å². The Hall–Kier alpha value is -0.930. The van der Waals surface area contributed by atoms with Crippen molar-refractivity contribution in [3.8, 4) is 0 Å². The molecule has 0 amide bonds. The van der Waals surface area contributed by atoms with Crippen LogP contribution < -0.4 is 5.32 Å². The first-order valence-electron chi connectivity index (χ1n) is 5.90. The Labute approximate surface area is 95.5 Å². The predicted octanol–water partition coefficient (Wildman–Crippen LogP) is 2.25. The van der Waals surface area contributed by atoms with Crippen molar-refractivity contribution in [3.63, 3.8) is 0 Å². The second-order valence-electron chi connectivity index (χ2n) is 4.51. The SMILES string of the molecule is OC(CNCCC1CC1)c1cccc(F)c1. The second kappa shape index (κ2) is 5.41. The third-order valence-electron chi connectivity index (χ3n) is 3.00. The van der Waals surface area contributed by atoms with Crippen molar-refractivity contribution in [1.82, 2.24) is 5.32 Å². The van der Waals surface area contributed by atoms with Crippen LogP contribution in [0.15, 0.2) is 24.3 Å². The summed E-state index contributed by atoms with van der Waals surface area (Å²) in [4.78, 5) is 0. The van der Waals surface area contributed by atoms with Crippen LogP contribution in [0.1, 0.15) is 30.9 Å². The summed E-state index contributed by atoms with van der Waals surface area (Å²) in [6, 6.07) is 6.14. The van der Waals surface area contributed by atoms with Crippen molar-refractivity contribution in [2.45, 2.75) is 25.4 Å². The second-order valence-corrected chi connectivity index (χ2v) is 4.51. The summed E-state index contributed by atoms with van der Waals surface area (Å²) in [7, 11) is 0. The fraction of sp³-hybridized carbons (Fsp3) is 0.538. The van der Waals surface area contributed by atoms with Crippen molar-refractivity contribution >= 4 is 0 Å². The van der Waals surface area contributed by atoms with Gasteiger partial charge in [0.1, 0.15) is 5.82 Å². The Morgan fingerprint density at radius 1 is 1.44 bits per heavy atom. The quantitative estimate of drug-likeness (QED) is 0.725. The van der Waals surface area contributed by atoms with Crippen LogP contribution in [0.25, 0.3) is 0 Å². The van der Waals surface area contributed by atoms with Gasteiger partial charge >= 0.3 is 0 Å². The van der Waals surface area contributed by atoms with Crippen LogP contribution in [0, 0.1) is 11.7 Å². The molecule has 1 fully saturated rings. The van der Waals surface area contributed by atoms with Crippen LogP contribution in [0.2, 0.25) is 0 Å². The third kappa shape index (κ3) is 3.58. The van der Waals surface area contributed by atoms with Gasteiger partial charge in [-0.25, -0.2) is 4.39 Å². The van der Waals surface area contributed by atoms with Crippen LogP contribution in [-0.2, 0) is 0 Å². The fourth-order valence-corrected chi connectivity index (χ4v) is 1.78. The molecule has 1 aliphatic carbocycles. The maximum atomic E-state index is 12.9. The molecule has 1 atom stereocenters. The summed E-state index contributed by atoms with van der Waals surface area (Å²) in [6.07, 6.45) is 3.29. The van der Waals surface area contributed by atoms with E-state index in [1.807, 2.05) is 0 Å². The van der Waals surface area contributed by atoms with Gasteiger partial charge in [0.25, 0.3) is 0 Å². The van der Waals surface area contributed by atoms with Gasteiger partial charge < -0.3 is 10.4 Å². The molecule has 1 aromatic carbocycles. The van der Waals surface area contributed by atoms with Crippen molar-refractivity contribution in [3.05, 3.63) is 35.6 Å². The number of hydrogen-bond acceptors (Lipinski definition) is 2. The van der Waals surface area contributed by atoms with Crippen molar-refractivity contribution in [2.75, 3.05) is 13.1 Å². The number of rotatable bonds is 6. The molecule has 2 nitrogen and oxygen atoms in total. The molecule has 88 valence electrons. The van der Waals surface area contributed by atoms with E-state index in [0.717, 1.165) is 12.5 Å². The molecule has 0 aliphatic heterocycles. The lowest BCUT2D eigenvalue weighted by molar-refractivity contribution is 0.174. The van der Waals surface area contributed by atoms with E-state index in [0.29, 0.717) is 12.1 Å². The number of aliphatic hydroxyl groups excluding tert-OH is 1. The molecule has 0 bridgehead atoms. The number of benzene rings is 1. The normalized spacial score (nSPS) is 17.4. The lowest BCUT2D eigenvalue weighted by atomic mass is 10.1. The first kappa shape index (κ1) is 11.6. The van der Waals surface area contributed by atoms with E-state index in [9.17, 15) is 9.50 Å². The molecule has 2 N–H and O–H groups in total. The summed E-state index contributed by atoms with van der Waals surface area (Å²) >= 11 is 0. The Morgan fingerprint density at radius 2 is 2.25 bits per heavy atom. The minimum Gasteiger partial charge on any atom is -0.387 e. The predicted molar refractivity (Wildman–Crippen MR) is 61.6 cm³/mol. The third-order valence-corrected chi connectivity index (χ3v) is 3.00. The Bertz CT molecular complexity index is 338. The average Bonchev–Trinajstić information content (AvgIpc) is 3.08. The summed E-state index contributed by atoms with van der Waals surface area (Å²) in [5.74, 6) is 0.605. The molecule has 0 spiro atoms. The topological polar surface area (TPSA) is 32.3 Å². The van der Waals surface area contributed by atoms with E-state index in [2.05, 4.69) is 5.32 Å². The van der Waals surface area contributed by atoms with Gasteiger partial charge in [-0.05, 0) is 36.6 Å². The molecule has 3 heteroatoms. The van der Waals surface area contributed by atoms with Gasteiger partial charge in [0.2, 0.25) is 0 Å². The maximum Gasteiger partial charge on any atom is 0.123 e. The highest BCUT2D eigenvalue weighted by Gasteiger charge is 2.20. The molecule has 0 radical (unpaired) electrons. The van der Waals surface area contributed by atoms with E-state index in [4.69, 9.17) is 0 Å². The Kier molecular flexibility index (Phi) is 3.91. The van der Waals surface area contributed by atoms with Crippen LogP contribution in [-0.4, -0.2) is 18.2 Å². The maximum absolute atomic E-state index is 12.9. The van der Waals surface area contributed by atoms with Gasteiger partial charge in [-0.3, -0.25) is 0 Å². The molecule has 1 aliphatic rings. The summed E-state index contributed by atoms with van der Waals surface area (Å²) < 4.78 is 12.9. The molecular formula is C13H18FNO. The van der Waals surface area contributed by atoms with Crippen molar-refractivity contribution in [2.24, 2.45) is 5.92 Å². The Balaban J connectivity index is 1.71. The van der Waals surface area contributed by atoms with Gasteiger partial charge in [-0.2, -0.15) is 0 Å². The smallest absolute Gasteiger partial charge is 0.123 e. The largest absolute Gasteiger partial charge is 0.387 e. The van der Waals surface area contributed by atoms with Gasteiger partial charge in [-0.1, -0.05) is 25.0 Å². The molecule has 2 rings (SSSR count). The van der Waals surface area contributed by atoms with Gasteiger partial charge in [-0.15, -0.1) is 0 Å². The molecule has 0 heterocycles. The fourth-order valence-electron chi connectivity index (χ4n) is 1.78. The van der Waals surface area contributed by atoms with Crippen molar-refractivity contribution in [1.29, 1.82) is 0 Å². The molecular weight excluding hydrogens is 205 g/mol. The molecule has 1 unspecified atom stereocenters. The van der Waals surface area contributed by atoms with E-state index >= 15 is 0 Å². The first-order valence-corrected chi connectivity index (χ1v) is 5.90. The minimum atomic E-state index is -0.616. The number of nitrogens with one attached hydrogen (secondary N) is 1. The molecule has 1 aromatic rings. The van der Waals surface area contributed by atoms with Gasteiger partial charge in [0.05, 0.1) is 6.10 Å². The average molecular weight is 223 g/mol. The molecule has 16 heavy (non-hydrogen) atoms. The van der Waals surface area contributed by atoms with Crippen LogP contribution in [0.4, 0.5) is 4.39 Å². The van der Waals surface area contributed by atoms with Gasteiger partial charge in [0.15, 0.2) is 0 Å². The minimum absolute atomic E-state index is 0.297. The summed E-state index contributed by atoms with van der Waals surface area (Å²) in [6.45, 7) is 1.44. The van der Waals surface area contributed by atoms with E-state index in [-0.39, 0.29) is 5.82 Å². The molecule has 0 saturated heterocycles. The standard InChI is InChI=1S/C13H18FNO/c14-12-3-1-2-11(8-12)13(16)9-15-7-6-10-4-5-10/h1-3,8,10,13,15-16H,4-7,9H2. The number of halogens is 1. The van der Waals surface area contributed by atoms with Gasteiger partial charge in [0, 0.05) is 6.54 Å². The zero-order chi connectivity index (χ0) is 11.4. The van der Waals surface area contributed by atoms with Crippen LogP contribution in [0.5, 0.6) is 0 Å². The van der Waals surface area contributed by atoms with E-state index in [1.54, 1.807) is 12.1 Å². The zero-order valence-corrected chi connectivity index (χ0v) is 9.32. The highest BCUT2D eigenvalue weighted by Crippen LogP contribution is 2.31. The Morgan fingerprint density at radius 3 is 2.94 bits per heavy atom. The monoisotopic (exact) mass is 223 g/mol. The van der Waals surface area contributed by atoms with E-state index in [1.165, 1.54) is 31.4 Å². The summed E-state index contributed by atoms with van der Waals surface area (Å²) in [5, 5.41) is 13.0. The first-order chi connectivity index (χ1) is 7.75. The highest BCUT2D eigenvalue weighted by molar-refractivity contribution is 5.18. The van der Waals surface area contributed by atoms with Crippen LogP contribution in [0.3, 0.4) is 0 Å².